The van der Waals surface area contributed by atoms with Gasteiger partial charge in [-0.15, -0.1) is 15.3 Å². The second-order valence-corrected chi connectivity index (χ2v) is 9.69. The highest BCUT2D eigenvalue weighted by Crippen LogP contribution is 2.31. The third-order valence-electron chi connectivity index (χ3n) is 5.83. The number of hydrogen-bond acceptors (Lipinski definition) is 9. The van der Waals surface area contributed by atoms with Gasteiger partial charge in [-0.25, -0.2) is 9.67 Å². The predicted octanol–water partition coefficient (Wildman–Crippen LogP) is 3.79. The Hall–Kier alpha value is -3.08. The molecule has 33 heavy (non-hydrogen) atoms. The fourth-order valence-corrected chi connectivity index (χ4v) is 4.67. The average molecular weight is 472 g/mol. The fourth-order valence-electron chi connectivity index (χ4n) is 3.93. The second-order valence-electron chi connectivity index (χ2n) is 8.68. The zero-order valence-electron chi connectivity index (χ0n) is 19.3. The third-order valence-corrected chi connectivity index (χ3v) is 7.01. The summed E-state index contributed by atoms with van der Waals surface area (Å²) in [5.41, 5.74) is 3.02. The molecule has 1 fully saturated rings. The Morgan fingerprint density at radius 2 is 2.12 bits per heavy atom. The van der Waals surface area contributed by atoms with Crippen molar-refractivity contribution in [3.8, 4) is 17.1 Å². The maximum Gasteiger partial charge on any atom is 0.306 e. The van der Waals surface area contributed by atoms with Crippen molar-refractivity contribution in [2.75, 3.05) is 5.32 Å². The number of pyridine rings is 1. The van der Waals surface area contributed by atoms with Gasteiger partial charge in [0.05, 0.1) is 35.6 Å². The number of anilines is 1. The van der Waals surface area contributed by atoms with Crippen molar-refractivity contribution in [3.63, 3.8) is 0 Å². The quantitative estimate of drug-likeness (QED) is 0.504. The van der Waals surface area contributed by atoms with Crippen molar-refractivity contribution in [1.82, 2.24) is 30.2 Å². The highest BCUT2D eigenvalue weighted by molar-refractivity contribution is 7.15. The van der Waals surface area contributed by atoms with Crippen LogP contribution in [0.25, 0.3) is 11.4 Å². The van der Waals surface area contributed by atoms with Gasteiger partial charge in [0, 0.05) is 13.0 Å². The van der Waals surface area contributed by atoms with E-state index >= 15 is 0 Å². The fraction of sp³-hybridized carbons (Fsp3) is 0.545. The molecule has 0 saturated heterocycles. The zero-order chi connectivity index (χ0) is 23.5. The number of aryl methyl sites for hydroxylation is 2. The van der Waals surface area contributed by atoms with E-state index in [4.69, 9.17) is 9.72 Å². The van der Waals surface area contributed by atoms with E-state index in [0.717, 1.165) is 34.4 Å². The third kappa shape index (κ3) is 5.29. The summed E-state index contributed by atoms with van der Waals surface area (Å²) in [6.45, 7) is 6.56. The molecule has 1 aliphatic carbocycles. The molecule has 0 spiro atoms. The van der Waals surface area contributed by atoms with Crippen LogP contribution in [-0.4, -0.2) is 47.4 Å². The predicted molar refractivity (Wildman–Crippen MR) is 124 cm³/mol. The Balaban J connectivity index is 1.47. The smallest absolute Gasteiger partial charge is 0.306 e. The molecule has 11 heteroatoms. The number of ether oxygens (including phenoxy) is 1. The normalized spacial score (nSPS) is 18.5. The number of nitrogens with one attached hydrogen (secondary N) is 1. The van der Waals surface area contributed by atoms with Gasteiger partial charge in [-0.1, -0.05) is 30.4 Å². The highest BCUT2D eigenvalue weighted by atomic mass is 32.1. The molecule has 1 aliphatic rings. The maximum atomic E-state index is 11.3. The lowest BCUT2D eigenvalue weighted by Crippen LogP contribution is -2.29. The lowest BCUT2D eigenvalue weighted by Gasteiger charge is -2.27. The molecule has 3 aromatic heterocycles. The van der Waals surface area contributed by atoms with Gasteiger partial charge in [0.15, 0.2) is 0 Å². The summed E-state index contributed by atoms with van der Waals surface area (Å²) < 4.78 is 7.85. The van der Waals surface area contributed by atoms with Crippen LogP contribution < -0.4 is 10.1 Å². The van der Waals surface area contributed by atoms with E-state index in [1.165, 1.54) is 0 Å². The van der Waals surface area contributed by atoms with Gasteiger partial charge in [-0.2, -0.15) is 0 Å². The maximum absolute atomic E-state index is 11.3. The van der Waals surface area contributed by atoms with Crippen LogP contribution in [0.15, 0.2) is 12.1 Å². The first-order valence-electron chi connectivity index (χ1n) is 11.1. The first-order chi connectivity index (χ1) is 15.8. The SMILES string of the molecule is Cc1nc(-c2nnn(C)c2CNc2nnc(C(C)C)s2)ccc1O[C@H]1CCC[C@H](C(=O)O)C1. The van der Waals surface area contributed by atoms with E-state index < -0.39 is 5.97 Å². The van der Waals surface area contributed by atoms with Crippen molar-refractivity contribution < 1.29 is 14.6 Å². The largest absolute Gasteiger partial charge is 0.489 e. The van der Waals surface area contributed by atoms with Crippen LogP contribution in [0.3, 0.4) is 0 Å². The zero-order valence-corrected chi connectivity index (χ0v) is 20.1. The molecule has 0 bridgehead atoms. The number of aromatic nitrogens is 6. The number of carboxylic acid groups (broad SMARTS) is 1. The van der Waals surface area contributed by atoms with E-state index in [1.807, 2.05) is 26.1 Å². The molecule has 4 rings (SSSR count). The van der Waals surface area contributed by atoms with E-state index in [-0.39, 0.29) is 12.0 Å². The first kappa shape index (κ1) is 23.1. The van der Waals surface area contributed by atoms with Crippen molar-refractivity contribution in [2.24, 2.45) is 13.0 Å². The van der Waals surface area contributed by atoms with Crippen LogP contribution in [0.1, 0.15) is 61.8 Å². The molecule has 2 atom stereocenters. The molecule has 1 saturated carbocycles. The van der Waals surface area contributed by atoms with Crippen molar-refractivity contribution in [3.05, 3.63) is 28.5 Å². The van der Waals surface area contributed by atoms with Crippen LogP contribution in [0.2, 0.25) is 0 Å². The molecular weight excluding hydrogens is 442 g/mol. The molecule has 10 nitrogen and oxygen atoms in total. The number of rotatable bonds is 8. The standard InChI is InChI=1S/C22H29N7O3S/c1-12(2)20-26-27-22(33-20)23-11-17-19(25-28-29(17)4)16-8-9-18(13(3)24-16)32-15-7-5-6-14(10-15)21(30)31/h8-9,12,14-15H,5-7,10-11H2,1-4H3,(H,23,27)(H,30,31)/t14-,15-/m0/s1. The van der Waals surface area contributed by atoms with Crippen molar-refractivity contribution >= 4 is 22.4 Å². The molecule has 2 N–H and O–H groups in total. The topological polar surface area (TPSA) is 128 Å². The molecule has 0 aliphatic heterocycles. The Morgan fingerprint density at radius 3 is 2.82 bits per heavy atom. The van der Waals surface area contributed by atoms with Gasteiger partial charge in [0.2, 0.25) is 5.13 Å². The van der Waals surface area contributed by atoms with E-state index in [0.29, 0.717) is 42.4 Å². The highest BCUT2D eigenvalue weighted by Gasteiger charge is 2.28. The van der Waals surface area contributed by atoms with Crippen molar-refractivity contribution in [2.45, 2.75) is 65.0 Å². The second kappa shape index (κ2) is 9.82. The van der Waals surface area contributed by atoms with Crippen LogP contribution in [0.4, 0.5) is 5.13 Å². The summed E-state index contributed by atoms with van der Waals surface area (Å²) in [4.78, 5) is 16.0. The summed E-state index contributed by atoms with van der Waals surface area (Å²) in [5, 5.41) is 31.3. The number of aliphatic carboxylic acids is 1. The van der Waals surface area contributed by atoms with Crippen LogP contribution in [0, 0.1) is 12.8 Å². The monoisotopic (exact) mass is 471 g/mol. The molecule has 0 unspecified atom stereocenters. The van der Waals surface area contributed by atoms with Gasteiger partial charge in [0.1, 0.15) is 16.5 Å². The van der Waals surface area contributed by atoms with Crippen LogP contribution >= 0.6 is 11.3 Å². The molecule has 0 aromatic carbocycles. The number of nitrogens with zero attached hydrogens (tertiary/aromatic N) is 6. The Labute approximate surface area is 196 Å². The minimum atomic E-state index is -0.744. The molecule has 3 aromatic rings. The lowest BCUT2D eigenvalue weighted by molar-refractivity contribution is -0.143. The average Bonchev–Trinajstić information content (AvgIpc) is 3.41. The number of carboxylic acids is 1. The Morgan fingerprint density at radius 1 is 1.30 bits per heavy atom. The van der Waals surface area contributed by atoms with Gasteiger partial charge in [-0.05, 0) is 44.7 Å². The summed E-state index contributed by atoms with van der Waals surface area (Å²) in [6.07, 6.45) is 2.85. The first-order valence-corrected chi connectivity index (χ1v) is 12.0. The summed E-state index contributed by atoms with van der Waals surface area (Å²) in [6, 6.07) is 3.75. The molecule has 3 heterocycles. The minimum absolute atomic E-state index is 0.106. The summed E-state index contributed by atoms with van der Waals surface area (Å²) >= 11 is 1.54. The van der Waals surface area contributed by atoms with E-state index in [1.54, 1.807) is 16.0 Å². The van der Waals surface area contributed by atoms with Gasteiger partial charge in [-0.3, -0.25) is 4.79 Å². The van der Waals surface area contributed by atoms with Gasteiger partial charge >= 0.3 is 5.97 Å². The van der Waals surface area contributed by atoms with Gasteiger partial charge < -0.3 is 15.2 Å². The number of carbonyl (C=O) groups is 1. The Bertz CT molecular complexity index is 1130. The van der Waals surface area contributed by atoms with Crippen LogP contribution in [-0.2, 0) is 18.4 Å². The molecule has 176 valence electrons. The molecular formula is C22H29N7O3S. The minimum Gasteiger partial charge on any atom is -0.489 e. The summed E-state index contributed by atoms with van der Waals surface area (Å²) in [5.74, 6) is -0.0706. The number of hydrogen-bond donors (Lipinski definition) is 2. The van der Waals surface area contributed by atoms with E-state index in [2.05, 4.69) is 39.7 Å². The van der Waals surface area contributed by atoms with Gasteiger partial charge in [0.25, 0.3) is 0 Å². The Kier molecular flexibility index (Phi) is 6.87. The molecule has 0 radical (unpaired) electrons. The lowest BCUT2D eigenvalue weighted by atomic mass is 9.87. The van der Waals surface area contributed by atoms with Crippen LogP contribution in [0.5, 0.6) is 5.75 Å². The van der Waals surface area contributed by atoms with Crippen molar-refractivity contribution in [1.29, 1.82) is 0 Å². The van der Waals surface area contributed by atoms with E-state index in [9.17, 15) is 9.90 Å². The summed E-state index contributed by atoms with van der Waals surface area (Å²) in [7, 11) is 1.85. The molecule has 0 amide bonds.